The van der Waals surface area contributed by atoms with Gasteiger partial charge in [0.1, 0.15) is 5.03 Å². The molecule has 0 atom stereocenters. The number of nitrogens with one attached hydrogen (secondary N) is 1. The number of anilines is 1. The molecule has 0 aromatic carbocycles. The molecule has 12 heteroatoms. The summed E-state index contributed by atoms with van der Waals surface area (Å²) in [6.45, 7) is 1.71. The Balaban J connectivity index is 3.53. The average molecular weight is 392 g/mol. The number of nitrogens with zero attached hydrogens (tertiary/aromatic N) is 2. The molecule has 0 aliphatic rings. The molecule has 1 aromatic heterocycles. The Morgan fingerprint density at radius 2 is 2.00 bits per heavy atom. The molecule has 5 nitrogen and oxygen atoms in total. The first-order valence-electron chi connectivity index (χ1n) is 4.52. The van der Waals surface area contributed by atoms with Crippen molar-refractivity contribution in [3.05, 3.63) is 5.69 Å². The van der Waals surface area contributed by atoms with Crippen molar-refractivity contribution >= 4 is 82.6 Å². The van der Waals surface area contributed by atoms with E-state index < -0.39 is 20.3 Å². The van der Waals surface area contributed by atoms with Crippen LogP contribution in [0.3, 0.4) is 0 Å². The average Bonchev–Trinajstić information content (AvgIpc) is 2.26. The number of amides is 1. The van der Waals surface area contributed by atoms with Crippen molar-refractivity contribution in [2.75, 3.05) is 12.4 Å². The van der Waals surface area contributed by atoms with Crippen LogP contribution < -0.4 is 5.32 Å². The number of hydrogen-bond acceptors (Lipinski definition) is 8. The normalized spacial score (nSPS) is 11.4. The fraction of sp³-hybridized carbons (Fsp3) is 0.286. The lowest BCUT2D eigenvalue weighted by atomic mass is 10.4. The van der Waals surface area contributed by atoms with Gasteiger partial charge >= 0.3 is 6.09 Å². The minimum atomic E-state index is -2.27. The van der Waals surface area contributed by atoms with E-state index in [9.17, 15) is 4.79 Å². The lowest BCUT2D eigenvalue weighted by molar-refractivity contribution is 0.186. The van der Waals surface area contributed by atoms with Crippen LogP contribution in [0.1, 0.15) is 5.69 Å². The third-order valence-corrected chi connectivity index (χ3v) is 6.25. The molecule has 1 heterocycles. The van der Waals surface area contributed by atoms with Gasteiger partial charge in [0.25, 0.3) is 0 Å². The van der Waals surface area contributed by atoms with E-state index in [-0.39, 0.29) is 5.95 Å². The van der Waals surface area contributed by atoms with E-state index in [0.29, 0.717) is 15.6 Å². The molecular weight excluding hydrogens is 383 g/mol. The van der Waals surface area contributed by atoms with E-state index in [4.69, 9.17) is 44.8 Å². The largest absolute Gasteiger partial charge is 0.453 e. The Morgan fingerprint density at radius 3 is 2.42 bits per heavy atom. The first kappa shape index (κ1) is 17.3. The summed E-state index contributed by atoms with van der Waals surface area (Å²) in [6.07, 6.45) is -2.95. The van der Waals surface area contributed by atoms with E-state index in [1.54, 1.807) is 6.92 Å². The van der Waals surface area contributed by atoms with Crippen LogP contribution in [-0.2, 0) is 63.7 Å². The fourth-order valence-corrected chi connectivity index (χ4v) is 6.29. The Kier molecular flexibility index (Phi) is 6.23. The second-order valence-corrected chi connectivity index (χ2v) is 15.1. The van der Waals surface area contributed by atoms with Gasteiger partial charge < -0.3 is 4.74 Å². The van der Waals surface area contributed by atoms with Crippen LogP contribution in [0.4, 0.5) is 10.7 Å². The quantitative estimate of drug-likeness (QED) is 0.399. The van der Waals surface area contributed by atoms with Gasteiger partial charge in [0.2, 0.25) is 5.95 Å². The molecule has 0 saturated heterocycles. The Labute approximate surface area is 136 Å². The standard InChI is InChI=1S/C7H9N3O2S7/c1-3-4(18(13)14)5(19(15,16)17)9-6(8-3)10-7(11)12-2/h18H,1-2H3,(H,15,16,17)(H,8,9,10,11). The second kappa shape index (κ2) is 6.83. The number of rotatable bonds is 3. The summed E-state index contributed by atoms with van der Waals surface area (Å²) in [5.41, 5.74) is 0.549. The van der Waals surface area contributed by atoms with Crippen LogP contribution >= 0.6 is 11.7 Å². The molecule has 1 N–H and O–H groups in total. The molecule has 0 bridgehead atoms. The number of hydrogen-bond donors (Lipinski definition) is 3. The SMILES string of the molecule is COC(=O)Nc1nc(C)c([SH](=S)=S)c(S(=S)(=S)S)n1. The molecule has 0 aliphatic carbocycles. The first-order chi connectivity index (χ1) is 8.66. The number of carbonyl (C=O) groups is 1. The fourth-order valence-electron chi connectivity index (χ4n) is 1.13. The maximum absolute atomic E-state index is 11.2. The maximum atomic E-state index is 11.2. The number of methoxy groups -OCH3 is 1. The second-order valence-electron chi connectivity index (χ2n) is 3.14. The summed E-state index contributed by atoms with van der Waals surface area (Å²) in [4.78, 5) is 20.0. The van der Waals surface area contributed by atoms with Crippen LogP contribution in [0.5, 0.6) is 0 Å². The lowest BCUT2D eigenvalue weighted by Crippen LogP contribution is -2.16. The van der Waals surface area contributed by atoms with Gasteiger partial charge in [0.15, 0.2) is 0 Å². The van der Waals surface area contributed by atoms with Gasteiger partial charge in [0.05, 0.1) is 17.7 Å². The van der Waals surface area contributed by atoms with Crippen molar-refractivity contribution in [2.45, 2.75) is 16.8 Å². The van der Waals surface area contributed by atoms with Gasteiger partial charge in [-0.2, -0.15) is 0 Å². The molecule has 0 unspecified atom stereocenters. The Morgan fingerprint density at radius 1 is 1.42 bits per heavy atom. The molecule has 0 aliphatic heterocycles. The zero-order valence-electron chi connectivity index (χ0n) is 9.65. The summed E-state index contributed by atoms with van der Waals surface area (Å²) in [6, 6.07) is 0. The molecule has 0 saturated carbocycles. The topological polar surface area (TPSA) is 64.1 Å². The molecule has 1 rings (SSSR count). The zero-order chi connectivity index (χ0) is 14.8. The van der Waals surface area contributed by atoms with E-state index in [0.717, 1.165) is 0 Å². The van der Waals surface area contributed by atoms with Gasteiger partial charge in [-0.1, -0.05) is 19.7 Å². The van der Waals surface area contributed by atoms with E-state index in [2.05, 4.69) is 31.7 Å². The van der Waals surface area contributed by atoms with Crippen molar-refractivity contribution in [3.8, 4) is 0 Å². The van der Waals surface area contributed by atoms with Crippen LogP contribution in [0.25, 0.3) is 0 Å². The zero-order valence-corrected chi connectivity index (χ0v) is 15.5. The molecule has 1 amide bonds. The summed E-state index contributed by atoms with van der Waals surface area (Å²) >= 11 is 24.8. The molecule has 106 valence electrons. The highest BCUT2D eigenvalue weighted by molar-refractivity contribution is 8.92. The van der Waals surface area contributed by atoms with Crippen LogP contribution in [0.15, 0.2) is 9.92 Å². The van der Waals surface area contributed by atoms with Gasteiger partial charge in [-0.3, -0.25) is 5.32 Å². The smallest absolute Gasteiger partial charge is 0.413 e. The Bertz CT molecular complexity index is 687. The molecule has 0 fully saturated rings. The van der Waals surface area contributed by atoms with Gasteiger partial charge in [-0.25, -0.2) is 14.8 Å². The van der Waals surface area contributed by atoms with Crippen LogP contribution in [-0.4, -0.2) is 23.2 Å². The monoisotopic (exact) mass is 391 g/mol. The van der Waals surface area contributed by atoms with Gasteiger partial charge in [-0.15, -0.1) is 0 Å². The highest BCUT2D eigenvalue weighted by Crippen LogP contribution is 2.23. The van der Waals surface area contributed by atoms with Crippen molar-refractivity contribution in [3.63, 3.8) is 0 Å². The molecule has 0 radical (unpaired) electrons. The number of thiol groups is 2. The van der Waals surface area contributed by atoms with Crippen LogP contribution in [0.2, 0.25) is 0 Å². The number of carbonyl (C=O) groups excluding carboxylic acids is 1. The molecule has 0 spiro atoms. The predicted molar refractivity (Wildman–Crippen MR) is 93.9 cm³/mol. The molecule has 1 aromatic rings. The summed E-state index contributed by atoms with van der Waals surface area (Å²) in [5.74, 6) is 0.0468. The number of aromatic nitrogens is 2. The minimum absolute atomic E-state index is 0.0468. The summed E-state index contributed by atoms with van der Waals surface area (Å²) in [5, 5.41) is 2.71. The lowest BCUT2D eigenvalue weighted by Gasteiger charge is -2.12. The first-order valence-corrected chi connectivity index (χ1v) is 12.4. The molecule has 19 heavy (non-hydrogen) atoms. The predicted octanol–water partition coefficient (Wildman–Crippen LogP) is 0.878. The molecular formula is C7H9N3O2S7. The Hall–Kier alpha value is 0.280. The van der Waals surface area contributed by atoms with Gasteiger partial charge in [0, 0.05) is 6.18 Å². The van der Waals surface area contributed by atoms with Gasteiger partial charge in [-0.05, 0) is 51.7 Å². The van der Waals surface area contributed by atoms with E-state index >= 15 is 0 Å². The highest BCUT2D eigenvalue weighted by atomic mass is 33.5. The van der Waals surface area contributed by atoms with Crippen molar-refractivity contribution in [2.24, 2.45) is 0 Å². The summed E-state index contributed by atoms with van der Waals surface area (Å²) in [7, 11) is -0.0678. The summed E-state index contributed by atoms with van der Waals surface area (Å²) < 4.78 is 4.47. The number of ether oxygens (including phenoxy) is 1. The maximum Gasteiger partial charge on any atom is 0.413 e. The van der Waals surface area contributed by atoms with Crippen molar-refractivity contribution in [1.29, 1.82) is 0 Å². The third-order valence-electron chi connectivity index (χ3n) is 1.85. The van der Waals surface area contributed by atoms with Crippen molar-refractivity contribution in [1.82, 2.24) is 9.97 Å². The van der Waals surface area contributed by atoms with E-state index in [1.807, 2.05) is 0 Å². The van der Waals surface area contributed by atoms with Crippen molar-refractivity contribution < 1.29 is 9.53 Å². The minimum Gasteiger partial charge on any atom is -0.453 e. The number of aryl methyl sites for hydroxylation is 1. The third kappa shape index (κ3) is 4.65. The van der Waals surface area contributed by atoms with Crippen LogP contribution in [0, 0.1) is 6.92 Å². The van der Waals surface area contributed by atoms with E-state index in [1.165, 1.54) is 7.11 Å². The highest BCUT2D eigenvalue weighted by Gasteiger charge is 2.17.